The van der Waals surface area contributed by atoms with Crippen molar-refractivity contribution >= 4 is 32.7 Å². The molecular weight excluding hydrogens is 325 g/mol. The molecule has 1 aromatic heterocycles. The Morgan fingerprint density at radius 2 is 1.90 bits per heavy atom. The highest BCUT2D eigenvalue weighted by molar-refractivity contribution is 9.10. The highest BCUT2D eigenvalue weighted by Crippen LogP contribution is 2.24. The molecule has 4 nitrogen and oxygen atoms in total. The van der Waals surface area contributed by atoms with Crippen molar-refractivity contribution in [1.29, 1.82) is 0 Å². The number of halogens is 2. The van der Waals surface area contributed by atoms with Crippen molar-refractivity contribution in [3.05, 3.63) is 58.4 Å². The monoisotopic (exact) mass is 333 g/mol. The predicted molar refractivity (Wildman–Crippen MR) is 77.2 cm³/mol. The fourth-order valence-corrected chi connectivity index (χ4v) is 2.41. The lowest BCUT2D eigenvalue weighted by molar-refractivity contribution is 0.0994. The van der Waals surface area contributed by atoms with Crippen molar-refractivity contribution < 1.29 is 9.18 Å². The normalized spacial score (nSPS) is 10.9. The summed E-state index contributed by atoms with van der Waals surface area (Å²) in [5.74, 6) is -0.937. The molecule has 3 rings (SSSR count). The number of nitrogens with two attached hydrogens (primary N) is 1. The largest absolute Gasteiger partial charge is 0.364 e. The molecule has 0 saturated carbocycles. The second kappa shape index (κ2) is 4.72. The molecule has 0 spiro atoms. The number of hydrogen-bond donors (Lipinski definition) is 1. The van der Waals surface area contributed by atoms with Gasteiger partial charge in [0.2, 0.25) is 0 Å². The number of nitrogens with zero attached hydrogens (tertiary/aromatic N) is 2. The molecule has 1 amide bonds. The number of hydrogen-bond acceptors (Lipinski definition) is 2. The van der Waals surface area contributed by atoms with E-state index in [-0.39, 0.29) is 11.5 Å². The average molecular weight is 334 g/mol. The molecule has 0 saturated heterocycles. The third-order valence-corrected chi connectivity index (χ3v) is 3.43. The first-order valence-electron chi connectivity index (χ1n) is 5.80. The highest BCUT2D eigenvalue weighted by atomic mass is 79.9. The van der Waals surface area contributed by atoms with Gasteiger partial charge in [-0.3, -0.25) is 4.79 Å². The SMILES string of the molecule is NC(=O)c1c2ccc(Br)cc2nn1-c1ccc(F)cc1. The van der Waals surface area contributed by atoms with Gasteiger partial charge in [0.05, 0.1) is 11.2 Å². The molecule has 0 bridgehead atoms. The average Bonchev–Trinajstić information content (AvgIpc) is 2.77. The second-order valence-electron chi connectivity index (χ2n) is 4.26. The quantitative estimate of drug-likeness (QED) is 0.783. The zero-order valence-electron chi connectivity index (χ0n) is 10.2. The van der Waals surface area contributed by atoms with E-state index in [1.165, 1.54) is 16.8 Å². The van der Waals surface area contributed by atoms with Crippen LogP contribution in [0.2, 0.25) is 0 Å². The molecule has 0 aliphatic rings. The van der Waals surface area contributed by atoms with Gasteiger partial charge >= 0.3 is 0 Å². The number of primary amides is 1. The predicted octanol–water partition coefficient (Wildman–Crippen LogP) is 3.03. The van der Waals surface area contributed by atoms with Crippen molar-refractivity contribution in [2.24, 2.45) is 5.73 Å². The molecule has 0 aliphatic carbocycles. The Morgan fingerprint density at radius 1 is 1.20 bits per heavy atom. The van der Waals surface area contributed by atoms with Crippen LogP contribution in [0, 0.1) is 5.82 Å². The van der Waals surface area contributed by atoms with Crippen molar-refractivity contribution in [1.82, 2.24) is 9.78 Å². The van der Waals surface area contributed by atoms with Gasteiger partial charge in [0.25, 0.3) is 5.91 Å². The fraction of sp³-hybridized carbons (Fsp3) is 0. The van der Waals surface area contributed by atoms with Crippen LogP contribution in [0.15, 0.2) is 46.9 Å². The minimum atomic E-state index is -0.584. The smallest absolute Gasteiger partial charge is 0.268 e. The molecule has 1 heterocycles. The number of benzene rings is 2. The first kappa shape index (κ1) is 12.8. The van der Waals surface area contributed by atoms with Crippen molar-refractivity contribution in [2.45, 2.75) is 0 Å². The maximum Gasteiger partial charge on any atom is 0.268 e. The van der Waals surface area contributed by atoms with E-state index < -0.39 is 5.91 Å². The van der Waals surface area contributed by atoms with Crippen LogP contribution in [0.25, 0.3) is 16.6 Å². The Bertz CT molecular complexity index is 811. The zero-order valence-corrected chi connectivity index (χ0v) is 11.8. The van der Waals surface area contributed by atoms with Gasteiger partial charge in [0, 0.05) is 9.86 Å². The molecule has 20 heavy (non-hydrogen) atoms. The molecule has 2 aromatic carbocycles. The van der Waals surface area contributed by atoms with Crippen LogP contribution in [0.5, 0.6) is 0 Å². The second-order valence-corrected chi connectivity index (χ2v) is 5.18. The zero-order chi connectivity index (χ0) is 14.3. The summed E-state index contributed by atoms with van der Waals surface area (Å²) in [6.45, 7) is 0. The summed E-state index contributed by atoms with van der Waals surface area (Å²) in [6.07, 6.45) is 0. The van der Waals surface area contributed by atoms with Gasteiger partial charge in [-0.25, -0.2) is 9.07 Å². The Balaban J connectivity index is 2.31. The van der Waals surface area contributed by atoms with Crippen LogP contribution in [-0.2, 0) is 0 Å². The molecule has 0 radical (unpaired) electrons. The van der Waals surface area contributed by atoms with Gasteiger partial charge in [0.1, 0.15) is 11.5 Å². The van der Waals surface area contributed by atoms with Crippen LogP contribution in [0.1, 0.15) is 10.5 Å². The molecule has 3 aromatic rings. The van der Waals surface area contributed by atoms with Crippen LogP contribution in [-0.4, -0.2) is 15.7 Å². The van der Waals surface area contributed by atoms with E-state index in [9.17, 15) is 9.18 Å². The van der Waals surface area contributed by atoms with Crippen LogP contribution in [0.4, 0.5) is 4.39 Å². The lowest BCUT2D eigenvalue weighted by atomic mass is 10.2. The highest BCUT2D eigenvalue weighted by Gasteiger charge is 2.17. The Morgan fingerprint density at radius 3 is 2.55 bits per heavy atom. The number of carbonyl (C=O) groups excluding carboxylic acids is 1. The van der Waals surface area contributed by atoms with Crippen LogP contribution < -0.4 is 5.73 Å². The third-order valence-electron chi connectivity index (χ3n) is 2.94. The van der Waals surface area contributed by atoms with Gasteiger partial charge in [-0.1, -0.05) is 15.9 Å². The molecule has 6 heteroatoms. The molecule has 2 N–H and O–H groups in total. The molecule has 0 fully saturated rings. The van der Waals surface area contributed by atoms with E-state index in [0.29, 0.717) is 16.6 Å². The number of rotatable bonds is 2. The van der Waals surface area contributed by atoms with Gasteiger partial charge in [-0.2, -0.15) is 5.10 Å². The van der Waals surface area contributed by atoms with Gasteiger partial charge < -0.3 is 5.73 Å². The first-order chi connectivity index (χ1) is 9.56. The minimum absolute atomic E-state index is 0.277. The summed E-state index contributed by atoms with van der Waals surface area (Å²) in [5.41, 5.74) is 6.93. The van der Waals surface area contributed by atoms with E-state index in [1.807, 2.05) is 6.07 Å². The van der Waals surface area contributed by atoms with Gasteiger partial charge in [0.15, 0.2) is 0 Å². The van der Waals surface area contributed by atoms with E-state index in [0.717, 1.165) is 4.47 Å². The summed E-state index contributed by atoms with van der Waals surface area (Å²) in [4.78, 5) is 11.7. The number of amides is 1. The van der Waals surface area contributed by atoms with Crippen LogP contribution in [0.3, 0.4) is 0 Å². The summed E-state index contributed by atoms with van der Waals surface area (Å²) in [5, 5.41) is 5.02. The van der Waals surface area contributed by atoms with E-state index in [2.05, 4.69) is 21.0 Å². The Hall–Kier alpha value is -2.21. The van der Waals surface area contributed by atoms with Crippen molar-refractivity contribution in [3.8, 4) is 5.69 Å². The number of fused-ring (bicyclic) bond motifs is 1. The lowest BCUT2D eigenvalue weighted by Crippen LogP contribution is -2.17. The van der Waals surface area contributed by atoms with Crippen molar-refractivity contribution in [3.63, 3.8) is 0 Å². The van der Waals surface area contributed by atoms with E-state index in [4.69, 9.17) is 5.73 Å². The van der Waals surface area contributed by atoms with Gasteiger partial charge in [-0.15, -0.1) is 0 Å². The molecular formula is C14H9BrFN3O. The summed E-state index contributed by atoms with van der Waals surface area (Å²) < 4.78 is 15.3. The summed E-state index contributed by atoms with van der Waals surface area (Å²) in [7, 11) is 0. The molecule has 0 atom stereocenters. The maximum absolute atomic E-state index is 13.0. The molecule has 0 unspecified atom stereocenters. The Labute approximate surface area is 122 Å². The minimum Gasteiger partial charge on any atom is -0.364 e. The van der Waals surface area contributed by atoms with Crippen molar-refractivity contribution in [2.75, 3.05) is 0 Å². The molecule has 0 aliphatic heterocycles. The lowest BCUT2D eigenvalue weighted by Gasteiger charge is -2.04. The number of carbonyl (C=O) groups is 1. The maximum atomic E-state index is 13.0. The first-order valence-corrected chi connectivity index (χ1v) is 6.59. The topological polar surface area (TPSA) is 60.9 Å². The van der Waals surface area contributed by atoms with E-state index >= 15 is 0 Å². The number of aromatic nitrogens is 2. The fourth-order valence-electron chi connectivity index (χ4n) is 2.07. The standard InChI is InChI=1S/C14H9BrFN3O/c15-8-1-6-11-12(7-8)18-19(13(11)14(17)20)10-4-2-9(16)3-5-10/h1-7H,(H2,17,20). The third kappa shape index (κ3) is 2.08. The van der Waals surface area contributed by atoms with Crippen LogP contribution >= 0.6 is 15.9 Å². The molecule has 100 valence electrons. The Kier molecular flexibility index (Phi) is 3.02. The van der Waals surface area contributed by atoms with E-state index in [1.54, 1.807) is 24.3 Å². The summed E-state index contributed by atoms with van der Waals surface area (Å²) in [6, 6.07) is 11.1. The summed E-state index contributed by atoms with van der Waals surface area (Å²) >= 11 is 3.35. The van der Waals surface area contributed by atoms with Gasteiger partial charge in [-0.05, 0) is 42.5 Å².